The molecule has 0 fully saturated rings. The standard InChI is InChI=1S/C16H14N4S2/c1-4-13(11-21-15-17-6-2-7-18-15)10-14(5-1)12-22-16-19-8-3-9-20-16/h1-10H,11-12H2. The largest absolute Gasteiger partial charge is 0.231 e. The first-order valence-electron chi connectivity index (χ1n) is 6.77. The van der Waals surface area contributed by atoms with E-state index in [1.165, 1.54) is 11.1 Å². The van der Waals surface area contributed by atoms with Gasteiger partial charge in [-0.2, -0.15) is 0 Å². The lowest BCUT2D eigenvalue weighted by Crippen LogP contribution is -1.89. The number of thioether (sulfide) groups is 2. The zero-order valence-corrected chi connectivity index (χ0v) is 13.4. The number of hydrogen-bond donors (Lipinski definition) is 0. The van der Waals surface area contributed by atoms with Crippen molar-refractivity contribution in [2.45, 2.75) is 21.8 Å². The summed E-state index contributed by atoms with van der Waals surface area (Å²) in [5, 5.41) is 1.61. The number of nitrogens with zero attached hydrogens (tertiary/aromatic N) is 4. The monoisotopic (exact) mass is 326 g/mol. The Balaban J connectivity index is 1.58. The van der Waals surface area contributed by atoms with Crippen LogP contribution in [0.1, 0.15) is 11.1 Å². The summed E-state index contributed by atoms with van der Waals surface area (Å²) < 4.78 is 0. The molecule has 0 aliphatic heterocycles. The third kappa shape index (κ3) is 4.54. The van der Waals surface area contributed by atoms with Crippen LogP contribution >= 0.6 is 23.5 Å². The van der Waals surface area contributed by atoms with Crippen molar-refractivity contribution in [3.05, 3.63) is 72.3 Å². The van der Waals surface area contributed by atoms with Crippen LogP contribution in [0.15, 0.2) is 71.5 Å². The minimum atomic E-state index is 0.806. The molecular weight excluding hydrogens is 312 g/mol. The van der Waals surface area contributed by atoms with Crippen molar-refractivity contribution < 1.29 is 0 Å². The van der Waals surface area contributed by atoms with Crippen LogP contribution < -0.4 is 0 Å². The van der Waals surface area contributed by atoms with Gasteiger partial charge in [-0.05, 0) is 23.3 Å². The van der Waals surface area contributed by atoms with Gasteiger partial charge < -0.3 is 0 Å². The highest BCUT2D eigenvalue weighted by Gasteiger charge is 2.02. The minimum Gasteiger partial charge on any atom is -0.231 e. The molecule has 3 aromatic rings. The zero-order chi connectivity index (χ0) is 15.0. The molecule has 0 atom stereocenters. The van der Waals surface area contributed by atoms with E-state index < -0.39 is 0 Å². The first-order valence-corrected chi connectivity index (χ1v) is 8.75. The average Bonchev–Trinajstić information content (AvgIpc) is 2.60. The van der Waals surface area contributed by atoms with Crippen molar-refractivity contribution in [3.8, 4) is 0 Å². The molecule has 0 bridgehead atoms. The Kier molecular flexibility index (Phi) is 5.39. The zero-order valence-electron chi connectivity index (χ0n) is 11.8. The highest BCUT2D eigenvalue weighted by molar-refractivity contribution is 7.98. The third-order valence-electron chi connectivity index (χ3n) is 2.81. The van der Waals surface area contributed by atoms with E-state index in [0.29, 0.717) is 0 Å². The first-order chi connectivity index (χ1) is 10.9. The molecule has 4 nitrogen and oxygen atoms in total. The van der Waals surface area contributed by atoms with Crippen molar-refractivity contribution in [1.29, 1.82) is 0 Å². The molecule has 3 rings (SSSR count). The minimum absolute atomic E-state index is 0.806. The van der Waals surface area contributed by atoms with E-state index in [0.717, 1.165) is 21.8 Å². The number of benzene rings is 1. The molecule has 22 heavy (non-hydrogen) atoms. The maximum Gasteiger partial charge on any atom is 0.187 e. The van der Waals surface area contributed by atoms with Crippen LogP contribution in [0.3, 0.4) is 0 Å². The quantitative estimate of drug-likeness (QED) is 0.506. The second-order valence-electron chi connectivity index (χ2n) is 4.46. The van der Waals surface area contributed by atoms with Crippen molar-refractivity contribution in [3.63, 3.8) is 0 Å². The lowest BCUT2D eigenvalue weighted by molar-refractivity contribution is 0.965. The third-order valence-corrected chi connectivity index (χ3v) is 4.70. The molecule has 0 aliphatic rings. The number of aromatic nitrogens is 4. The number of hydrogen-bond acceptors (Lipinski definition) is 6. The summed E-state index contributed by atoms with van der Waals surface area (Å²) in [6, 6.07) is 12.2. The van der Waals surface area contributed by atoms with Crippen LogP contribution in [0, 0.1) is 0 Å². The lowest BCUT2D eigenvalue weighted by Gasteiger charge is -2.04. The number of rotatable bonds is 6. The molecule has 0 unspecified atom stereocenters. The molecule has 0 aliphatic carbocycles. The Morgan fingerprint density at radius 1 is 0.636 bits per heavy atom. The molecule has 6 heteroatoms. The molecule has 1 aromatic carbocycles. The van der Waals surface area contributed by atoms with Gasteiger partial charge in [0.15, 0.2) is 10.3 Å². The lowest BCUT2D eigenvalue weighted by atomic mass is 10.2. The maximum absolute atomic E-state index is 4.22. The van der Waals surface area contributed by atoms with Gasteiger partial charge in [-0.3, -0.25) is 0 Å². The fourth-order valence-electron chi connectivity index (χ4n) is 1.82. The Hall–Kier alpha value is -1.92. The Morgan fingerprint density at radius 3 is 1.55 bits per heavy atom. The molecule has 0 amide bonds. The van der Waals surface area contributed by atoms with E-state index in [1.54, 1.807) is 48.3 Å². The van der Waals surface area contributed by atoms with Crippen molar-refractivity contribution in [2.24, 2.45) is 0 Å². The van der Waals surface area contributed by atoms with Gasteiger partial charge in [0.25, 0.3) is 0 Å². The average molecular weight is 326 g/mol. The van der Waals surface area contributed by atoms with Crippen molar-refractivity contribution in [2.75, 3.05) is 0 Å². The van der Waals surface area contributed by atoms with Gasteiger partial charge in [0.05, 0.1) is 0 Å². The van der Waals surface area contributed by atoms with Crippen LogP contribution in [0.4, 0.5) is 0 Å². The summed E-state index contributed by atoms with van der Waals surface area (Å²) in [7, 11) is 0. The summed E-state index contributed by atoms with van der Waals surface area (Å²) in [5.41, 5.74) is 2.54. The highest BCUT2D eigenvalue weighted by atomic mass is 32.2. The van der Waals surface area contributed by atoms with Crippen LogP contribution in [-0.2, 0) is 11.5 Å². The van der Waals surface area contributed by atoms with E-state index in [4.69, 9.17) is 0 Å². The van der Waals surface area contributed by atoms with E-state index >= 15 is 0 Å². The second-order valence-corrected chi connectivity index (χ2v) is 6.35. The molecule has 0 saturated heterocycles. The van der Waals surface area contributed by atoms with E-state index in [2.05, 4.69) is 44.2 Å². The van der Waals surface area contributed by atoms with Gasteiger partial charge >= 0.3 is 0 Å². The smallest absolute Gasteiger partial charge is 0.187 e. The Bertz CT molecular complexity index is 649. The fraction of sp³-hybridized carbons (Fsp3) is 0.125. The molecular formula is C16H14N4S2. The highest BCUT2D eigenvalue weighted by Crippen LogP contribution is 2.22. The molecule has 0 N–H and O–H groups in total. The molecule has 0 spiro atoms. The van der Waals surface area contributed by atoms with Crippen LogP contribution in [0.5, 0.6) is 0 Å². The summed E-state index contributed by atoms with van der Waals surface area (Å²) in [6.45, 7) is 0. The topological polar surface area (TPSA) is 51.6 Å². The van der Waals surface area contributed by atoms with Gasteiger partial charge in [0, 0.05) is 36.3 Å². The maximum atomic E-state index is 4.22. The summed E-state index contributed by atoms with van der Waals surface area (Å²) in [6.07, 6.45) is 7.06. The Morgan fingerprint density at radius 2 is 1.09 bits per heavy atom. The van der Waals surface area contributed by atoms with E-state index in [9.17, 15) is 0 Å². The molecule has 2 heterocycles. The van der Waals surface area contributed by atoms with Gasteiger partial charge in [-0.15, -0.1) is 0 Å². The van der Waals surface area contributed by atoms with Crippen molar-refractivity contribution >= 4 is 23.5 Å². The van der Waals surface area contributed by atoms with Gasteiger partial charge in [0.1, 0.15) is 0 Å². The normalized spacial score (nSPS) is 10.5. The van der Waals surface area contributed by atoms with E-state index in [1.807, 2.05) is 12.1 Å². The fourth-order valence-corrected chi connectivity index (χ4v) is 3.32. The molecule has 0 radical (unpaired) electrons. The SMILES string of the molecule is c1cnc(SCc2cccc(CSc3ncccn3)c2)nc1. The first kappa shape index (κ1) is 15.0. The molecule has 2 aromatic heterocycles. The van der Waals surface area contributed by atoms with Gasteiger partial charge in [0.2, 0.25) is 0 Å². The summed E-state index contributed by atoms with van der Waals surface area (Å²) in [4.78, 5) is 16.9. The van der Waals surface area contributed by atoms with Crippen LogP contribution in [0.25, 0.3) is 0 Å². The van der Waals surface area contributed by atoms with Crippen molar-refractivity contribution in [1.82, 2.24) is 19.9 Å². The van der Waals surface area contributed by atoms with Crippen LogP contribution in [-0.4, -0.2) is 19.9 Å². The summed E-state index contributed by atoms with van der Waals surface area (Å²) in [5.74, 6) is 1.73. The molecule has 0 saturated carbocycles. The van der Waals surface area contributed by atoms with Gasteiger partial charge in [-0.25, -0.2) is 19.9 Å². The van der Waals surface area contributed by atoms with E-state index in [-0.39, 0.29) is 0 Å². The Labute approximate surface area is 137 Å². The predicted octanol–water partition coefficient (Wildman–Crippen LogP) is 3.85. The summed E-state index contributed by atoms with van der Waals surface area (Å²) >= 11 is 3.29. The second kappa shape index (κ2) is 7.91. The van der Waals surface area contributed by atoms with Gasteiger partial charge in [-0.1, -0.05) is 47.8 Å². The van der Waals surface area contributed by atoms with Crippen LogP contribution in [0.2, 0.25) is 0 Å². The molecule has 110 valence electrons. The predicted molar refractivity (Wildman–Crippen MR) is 89.6 cm³/mol.